The lowest BCUT2D eigenvalue weighted by Crippen LogP contribution is -2.57. The zero-order chi connectivity index (χ0) is 20.9. The number of esters is 1. The molecule has 0 spiro atoms. The number of aliphatic hydroxyl groups is 2. The first-order chi connectivity index (χ1) is 12.9. The van der Waals surface area contributed by atoms with Crippen LogP contribution in [0.1, 0.15) is 46.0 Å². The fourth-order valence-electron chi connectivity index (χ4n) is 5.90. The Labute approximate surface area is 166 Å². The maximum Gasteiger partial charge on any atom is 0.335 e. The minimum Gasteiger partial charge on any atom is -0.458 e. The Morgan fingerprint density at radius 3 is 2.57 bits per heavy atom. The van der Waals surface area contributed by atoms with Gasteiger partial charge in [-0.15, -0.1) is 0 Å². The van der Waals surface area contributed by atoms with Crippen molar-refractivity contribution in [1.82, 2.24) is 0 Å². The molecule has 1 aliphatic heterocycles. The Morgan fingerprint density at radius 1 is 1.36 bits per heavy atom. The molecule has 6 atom stereocenters. The van der Waals surface area contributed by atoms with Crippen LogP contribution in [0.4, 0.5) is 0 Å². The Kier molecular flexibility index (Phi) is 5.55. The first kappa shape index (κ1) is 21.5. The monoisotopic (exact) mass is 414 g/mol. The first-order valence-corrected chi connectivity index (χ1v) is 11.3. The largest absolute Gasteiger partial charge is 0.458 e. The van der Waals surface area contributed by atoms with Crippen molar-refractivity contribution in [2.24, 2.45) is 22.7 Å². The molecule has 1 heterocycles. The third kappa shape index (κ3) is 3.34. The van der Waals surface area contributed by atoms with Crippen molar-refractivity contribution in [3.05, 3.63) is 23.8 Å². The summed E-state index contributed by atoms with van der Waals surface area (Å²) in [5.41, 5.74) is -0.235. The third-order valence-electron chi connectivity index (χ3n) is 7.60. The summed E-state index contributed by atoms with van der Waals surface area (Å²) in [6.45, 7) is 7.94. The van der Waals surface area contributed by atoms with Crippen molar-refractivity contribution in [3.8, 4) is 0 Å². The molecule has 0 aromatic carbocycles. The number of carbonyl (C=O) groups excluding carboxylic acids is 1. The predicted molar refractivity (Wildman–Crippen MR) is 103 cm³/mol. The maximum atomic E-state index is 12.1. The van der Waals surface area contributed by atoms with Gasteiger partial charge in [0, 0.05) is 5.41 Å². The van der Waals surface area contributed by atoms with Crippen molar-refractivity contribution in [1.29, 1.82) is 0 Å². The van der Waals surface area contributed by atoms with E-state index in [1.54, 1.807) is 0 Å². The molecule has 28 heavy (non-hydrogen) atoms. The maximum absolute atomic E-state index is 12.1. The fourth-order valence-corrected chi connectivity index (χ4v) is 6.84. The highest BCUT2D eigenvalue weighted by atomic mass is 32.2. The van der Waals surface area contributed by atoms with Gasteiger partial charge in [0.2, 0.25) is 0 Å². The number of aliphatic hydroxyl groups excluding tert-OH is 2. The highest BCUT2D eigenvalue weighted by molar-refractivity contribution is 7.86. The summed E-state index contributed by atoms with van der Waals surface area (Å²) in [5.74, 6) is -1.02. The van der Waals surface area contributed by atoms with Gasteiger partial charge < -0.3 is 14.9 Å². The number of hydrogen-bond acceptors (Lipinski definition) is 6. The van der Waals surface area contributed by atoms with Gasteiger partial charge in [0.25, 0.3) is 10.1 Å². The van der Waals surface area contributed by atoms with E-state index in [0.29, 0.717) is 19.3 Å². The van der Waals surface area contributed by atoms with Crippen molar-refractivity contribution < 1.29 is 32.7 Å². The van der Waals surface area contributed by atoms with E-state index in [9.17, 15) is 28.0 Å². The van der Waals surface area contributed by atoms with Crippen molar-refractivity contribution in [2.45, 2.75) is 57.3 Å². The van der Waals surface area contributed by atoms with Crippen molar-refractivity contribution >= 4 is 16.1 Å². The molecular formula is C20H30O7S. The normalized spacial score (nSPS) is 39.9. The van der Waals surface area contributed by atoms with E-state index in [0.717, 1.165) is 12.0 Å². The van der Waals surface area contributed by atoms with Gasteiger partial charge in [-0.3, -0.25) is 4.55 Å². The zero-order valence-electron chi connectivity index (χ0n) is 16.4. The van der Waals surface area contributed by atoms with E-state index >= 15 is 0 Å². The Balaban J connectivity index is 1.99. The summed E-state index contributed by atoms with van der Waals surface area (Å²) in [5, 5.41) is 19.3. The Morgan fingerprint density at radius 2 is 2.04 bits per heavy atom. The number of rotatable bonds is 5. The summed E-state index contributed by atoms with van der Waals surface area (Å²) in [4.78, 5) is 12.0. The number of fused-ring (bicyclic) bond motifs is 1. The molecule has 0 radical (unpaired) electrons. The van der Waals surface area contributed by atoms with E-state index in [-0.39, 0.29) is 37.0 Å². The van der Waals surface area contributed by atoms with E-state index in [2.05, 4.69) is 13.5 Å². The molecule has 0 aromatic heterocycles. The van der Waals surface area contributed by atoms with E-state index in [4.69, 9.17) is 4.74 Å². The predicted octanol–water partition coefficient (Wildman–Crippen LogP) is 1.86. The molecule has 0 aromatic rings. The number of hydrogen-bond donors (Lipinski definition) is 3. The highest BCUT2D eigenvalue weighted by Gasteiger charge is 2.58. The quantitative estimate of drug-likeness (QED) is 0.357. The SMILES string of the molecule is C=C1CCC2[C@](C)(CO)[C@H](O)CC[C@@]2(C)[C@@H]1C[C@H](C1=CCOC1=O)S(=O)(=O)O. The summed E-state index contributed by atoms with van der Waals surface area (Å²) >= 11 is 0. The molecule has 7 nitrogen and oxygen atoms in total. The topological polar surface area (TPSA) is 121 Å². The van der Waals surface area contributed by atoms with E-state index in [1.807, 2.05) is 6.92 Å². The van der Waals surface area contributed by atoms with E-state index < -0.39 is 38.3 Å². The van der Waals surface area contributed by atoms with Gasteiger partial charge in [0.05, 0.1) is 18.3 Å². The molecule has 8 heteroatoms. The van der Waals surface area contributed by atoms with Crippen LogP contribution in [0, 0.1) is 22.7 Å². The Hall–Kier alpha value is -1.22. The van der Waals surface area contributed by atoms with Crippen LogP contribution in [0.5, 0.6) is 0 Å². The molecule has 2 saturated carbocycles. The second kappa shape index (κ2) is 7.23. The minimum atomic E-state index is -4.52. The second-order valence-corrected chi connectivity index (χ2v) is 10.6. The van der Waals surface area contributed by atoms with Crippen LogP contribution >= 0.6 is 0 Å². The average molecular weight is 415 g/mol. The van der Waals surface area contributed by atoms with Gasteiger partial charge in [-0.2, -0.15) is 8.42 Å². The lowest BCUT2D eigenvalue weighted by Gasteiger charge is -2.60. The van der Waals surface area contributed by atoms with Crippen LogP contribution in [-0.4, -0.2) is 53.7 Å². The summed E-state index contributed by atoms with van der Waals surface area (Å²) in [6.07, 6.45) is 3.36. The van der Waals surface area contributed by atoms with Crippen LogP contribution in [0.15, 0.2) is 23.8 Å². The molecule has 2 aliphatic carbocycles. The molecule has 0 bridgehead atoms. The molecule has 0 saturated heterocycles. The Bertz CT molecular complexity index is 801. The van der Waals surface area contributed by atoms with Crippen LogP contribution < -0.4 is 0 Å². The number of ether oxygens (including phenoxy) is 1. The van der Waals surface area contributed by atoms with Gasteiger partial charge in [0.15, 0.2) is 0 Å². The lowest BCUT2D eigenvalue weighted by atomic mass is 9.46. The standard InChI is InChI=1S/C20H30O7S/c1-12-4-5-16-19(2,8-6-17(22)20(16,3)11-21)14(12)10-15(28(24,25)26)13-7-9-27-18(13)23/h7,14-17,21-22H,1,4-6,8-11H2,2-3H3,(H,24,25,26)/t14-,15-,16?,17-,19+,20+/m1/s1. The van der Waals surface area contributed by atoms with E-state index in [1.165, 1.54) is 6.08 Å². The average Bonchev–Trinajstić information content (AvgIpc) is 3.02. The summed E-state index contributed by atoms with van der Waals surface area (Å²) in [7, 11) is -4.52. The van der Waals surface area contributed by atoms with Crippen molar-refractivity contribution in [3.63, 3.8) is 0 Å². The molecular weight excluding hydrogens is 384 g/mol. The van der Waals surface area contributed by atoms with Gasteiger partial charge in [-0.25, -0.2) is 4.79 Å². The molecule has 0 amide bonds. The number of cyclic esters (lactones) is 1. The molecule has 3 rings (SSSR count). The molecule has 2 fully saturated rings. The summed E-state index contributed by atoms with van der Waals surface area (Å²) in [6, 6.07) is 0. The van der Waals surface area contributed by atoms with Gasteiger partial charge in [-0.1, -0.05) is 26.0 Å². The third-order valence-corrected chi connectivity index (χ3v) is 8.77. The first-order valence-electron chi connectivity index (χ1n) is 9.75. The van der Waals surface area contributed by atoms with Crippen molar-refractivity contribution in [2.75, 3.05) is 13.2 Å². The van der Waals surface area contributed by atoms with Crippen LogP contribution in [-0.2, 0) is 19.6 Å². The van der Waals surface area contributed by atoms with Crippen LogP contribution in [0.3, 0.4) is 0 Å². The number of allylic oxidation sites excluding steroid dienone is 1. The fraction of sp³-hybridized carbons (Fsp3) is 0.750. The van der Waals surface area contributed by atoms with Crippen LogP contribution in [0.2, 0.25) is 0 Å². The lowest BCUT2D eigenvalue weighted by molar-refractivity contribution is -0.152. The molecule has 3 N–H and O–H groups in total. The number of carbonyl (C=O) groups is 1. The highest BCUT2D eigenvalue weighted by Crippen LogP contribution is 2.62. The zero-order valence-corrected chi connectivity index (χ0v) is 17.2. The second-order valence-electron chi connectivity index (χ2n) is 9.02. The van der Waals surface area contributed by atoms with Crippen LogP contribution in [0.25, 0.3) is 0 Å². The minimum absolute atomic E-state index is 0.000465. The van der Waals surface area contributed by atoms with Gasteiger partial charge in [-0.05, 0) is 55.4 Å². The smallest absolute Gasteiger partial charge is 0.335 e. The molecule has 158 valence electrons. The molecule has 3 aliphatic rings. The molecule has 1 unspecified atom stereocenters. The summed E-state index contributed by atoms with van der Waals surface area (Å²) < 4.78 is 39.0. The van der Waals surface area contributed by atoms with Gasteiger partial charge in [0.1, 0.15) is 11.9 Å². The van der Waals surface area contributed by atoms with Gasteiger partial charge >= 0.3 is 5.97 Å².